The lowest BCUT2D eigenvalue weighted by atomic mass is 10.1. The van der Waals surface area contributed by atoms with Gasteiger partial charge in [-0.2, -0.15) is 0 Å². The Morgan fingerprint density at radius 3 is 2.33 bits per heavy atom. The molecule has 1 rings (SSSR count). The summed E-state index contributed by atoms with van der Waals surface area (Å²) in [4.78, 5) is 44.1. The summed E-state index contributed by atoms with van der Waals surface area (Å²) in [5.41, 5.74) is 5.76. The van der Waals surface area contributed by atoms with Crippen LogP contribution in [0.2, 0.25) is 0 Å². The van der Waals surface area contributed by atoms with Gasteiger partial charge < -0.3 is 21.5 Å². The van der Waals surface area contributed by atoms with Crippen molar-refractivity contribution < 1.29 is 24.4 Å². The molecule has 0 aliphatic heterocycles. The molecular formula is C14H18N4O6. The smallest absolute Gasteiger partial charge is 0.303 e. The highest BCUT2D eigenvalue weighted by Crippen LogP contribution is 2.15. The van der Waals surface area contributed by atoms with Crippen LogP contribution in [0.3, 0.4) is 0 Å². The number of benzene rings is 1. The number of nitrogens with zero attached hydrogens (tertiary/aromatic N) is 1. The van der Waals surface area contributed by atoms with Gasteiger partial charge in [0.1, 0.15) is 6.04 Å². The van der Waals surface area contributed by atoms with E-state index in [-0.39, 0.29) is 18.5 Å². The highest BCUT2D eigenvalue weighted by atomic mass is 16.6. The second-order valence-electron chi connectivity index (χ2n) is 5.06. The van der Waals surface area contributed by atoms with Crippen molar-refractivity contribution in [2.75, 3.05) is 5.32 Å². The molecule has 2 amide bonds. The lowest BCUT2D eigenvalue weighted by Crippen LogP contribution is -2.48. The molecule has 0 aliphatic carbocycles. The number of rotatable bonds is 8. The molecule has 10 nitrogen and oxygen atoms in total. The minimum Gasteiger partial charge on any atom is -0.481 e. The van der Waals surface area contributed by atoms with Crippen LogP contribution in [0.4, 0.5) is 11.4 Å². The zero-order valence-corrected chi connectivity index (χ0v) is 12.9. The van der Waals surface area contributed by atoms with E-state index in [0.717, 1.165) is 0 Å². The number of carbonyl (C=O) groups excluding carboxylic acids is 2. The Morgan fingerprint density at radius 1 is 1.25 bits per heavy atom. The Labute approximate surface area is 137 Å². The maximum Gasteiger partial charge on any atom is 0.303 e. The largest absolute Gasteiger partial charge is 0.481 e. The van der Waals surface area contributed by atoms with E-state index in [1.165, 1.54) is 31.2 Å². The lowest BCUT2D eigenvalue weighted by Gasteiger charge is -2.17. The monoisotopic (exact) mass is 338 g/mol. The van der Waals surface area contributed by atoms with Gasteiger partial charge in [-0.1, -0.05) is 0 Å². The highest BCUT2D eigenvalue weighted by molar-refractivity contribution is 5.97. The number of carboxylic acid groups (broad SMARTS) is 1. The van der Waals surface area contributed by atoms with Crippen LogP contribution in [0.15, 0.2) is 24.3 Å². The van der Waals surface area contributed by atoms with Crippen LogP contribution < -0.4 is 16.4 Å². The molecule has 0 heterocycles. The van der Waals surface area contributed by atoms with Crippen molar-refractivity contribution in [1.82, 2.24) is 5.32 Å². The van der Waals surface area contributed by atoms with Crippen LogP contribution in [-0.4, -0.2) is 39.9 Å². The van der Waals surface area contributed by atoms with Gasteiger partial charge in [-0.25, -0.2) is 0 Å². The van der Waals surface area contributed by atoms with E-state index in [2.05, 4.69) is 10.6 Å². The maximum absolute atomic E-state index is 12.0. The van der Waals surface area contributed by atoms with Crippen molar-refractivity contribution in [1.29, 1.82) is 0 Å². The molecule has 0 spiro atoms. The fourth-order valence-corrected chi connectivity index (χ4v) is 1.71. The fraction of sp³-hybridized carbons (Fsp3) is 0.357. The molecule has 0 fully saturated rings. The molecule has 2 atom stereocenters. The van der Waals surface area contributed by atoms with E-state index in [4.69, 9.17) is 10.8 Å². The summed E-state index contributed by atoms with van der Waals surface area (Å²) in [7, 11) is 0. The summed E-state index contributed by atoms with van der Waals surface area (Å²) in [6.45, 7) is 1.43. The standard InChI is InChI=1S/C14H18N4O6/c1-8(16-14(22)11(15)6-7-12(19)20)13(21)17-9-2-4-10(5-3-9)18(23)24/h2-5,8,11H,6-7,15H2,1H3,(H,16,22)(H,17,21)(H,19,20)/t8-,11-/m0/s1. The van der Waals surface area contributed by atoms with Crippen LogP contribution in [-0.2, 0) is 14.4 Å². The number of non-ortho nitro benzene ring substituents is 1. The number of hydrogen-bond donors (Lipinski definition) is 4. The van der Waals surface area contributed by atoms with Crippen LogP contribution >= 0.6 is 0 Å². The van der Waals surface area contributed by atoms with Crippen molar-refractivity contribution >= 4 is 29.2 Å². The van der Waals surface area contributed by atoms with Crippen molar-refractivity contribution in [2.24, 2.45) is 5.73 Å². The molecular weight excluding hydrogens is 320 g/mol. The number of anilines is 1. The van der Waals surface area contributed by atoms with Gasteiger partial charge in [-0.15, -0.1) is 0 Å². The summed E-state index contributed by atoms with van der Waals surface area (Å²) in [5, 5.41) is 24.0. The molecule has 10 heteroatoms. The minimum absolute atomic E-state index is 0.0438. The Balaban J connectivity index is 2.53. The third kappa shape index (κ3) is 6.01. The normalized spacial score (nSPS) is 12.8. The number of nitro groups is 1. The number of carboxylic acids is 1. The molecule has 0 unspecified atom stereocenters. The summed E-state index contributed by atoms with van der Waals surface area (Å²) in [5.74, 6) is -2.24. The van der Waals surface area contributed by atoms with E-state index in [1.807, 2.05) is 0 Å². The average Bonchev–Trinajstić information content (AvgIpc) is 2.52. The Kier molecular flexibility index (Phi) is 6.80. The van der Waals surface area contributed by atoms with Gasteiger partial charge in [0.15, 0.2) is 0 Å². The van der Waals surface area contributed by atoms with E-state index in [9.17, 15) is 24.5 Å². The van der Waals surface area contributed by atoms with E-state index in [0.29, 0.717) is 5.69 Å². The number of hydrogen-bond acceptors (Lipinski definition) is 6. The Hall–Kier alpha value is -3.01. The van der Waals surface area contributed by atoms with Crippen molar-refractivity contribution in [2.45, 2.75) is 31.8 Å². The van der Waals surface area contributed by atoms with Crippen molar-refractivity contribution in [3.8, 4) is 0 Å². The van der Waals surface area contributed by atoms with E-state index >= 15 is 0 Å². The Bertz CT molecular complexity index is 631. The molecule has 0 aliphatic rings. The van der Waals surface area contributed by atoms with Crippen LogP contribution in [0.25, 0.3) is 0 Å². The van der Waals surface area contributed by atoms with Crippen molar-refractivity contribution in [3.05, 3.63) is 34.4 Å². The second kappa shape index (κ2) is 8.58. The lowest BCUT2D eigenvalue weighted by molar-refractivity contribution is -0.384. The topological polar surface area (TPSA) is 165 Å². The molecule has 1 aromatic rings. The van der Waals surface area contributed by atoms with Crippen LogP contribution in [0.1, 0.15) is 19.8 Å². The van der Waals surface area contributed by atoms with Gasteiger partial charge in [-0.05, 0) is 25.5 Å². The molecule has 5 N–H and O–H groups in total. The third-order valence-electron chi connectivity index (χ3n) is 3.10. The maximum atomic E-state index is 12.0. The third-order valence-corrected chi connectivity index (χ3v) is 3.10. The number of nitrogens with two attached hydrogens (primary N) is 1. The van der Waals surface area contributed by atoms with Gasteiger partial charge in [0.25, 0.3) is 5.69 Å². The fourth-order valence-electron chi connectivity index (χ4n) is 1.71. The summed E-state index contributed by atoms with van der Waals surface area (Å²) in [6.07, 6.45) is -0.296. The average molecular weight is 338 g/mol. The number of amides is 2. The molecule has 0 radical (unpaired) electrons. The van der Waals surface area contributed by atoms with E-state index in [1.54, 1.807) is 0 Å². The first-order chi connectivity index (χ1) is 11.2. The summed E-state index contributed by atoms with van der Waals surface area (Å²) in [6, 6.07) is 3.26. The zero-order valence-electron chi connectivity index (χ0n) is 12.9. The van der Waals surface area contributed by atoms with Gasteiger partial charge in [0.2, 0.25) is 11.8 Å². The zero-order chi connectivity index (χ0) is 18.3. The number of carbonyl (C=O) groups is 3. The molecule has 24 heavy (non-hydrogen) atoms. The van der Waals surface area contributed by atoms with Gasteiger partial charge in [0, 0.05) is 24.2 Å². The first kappa shape index (κ1) is 19.0. The van der Waals surface area contributed by atoms with E-state index < -0.39 is 34.8 Å². The molecule has 1 aromatic carbocycles. The van der Waals surface area contributed by atoms with Gasteiger partial charge in [-0.3, -0.25) is 24.5 Å². The molecule has 0 saturated heterocycles. The van der Waals surface area contributed by atoms with Crippen molar-refractivity contribution in [3.63, 3.8) is 0 Å². The highest BCUT2D eigenvalue weighted by Gasteiger charge is 2.20. The quantitative estimate of drug-likeness (QED) is 0.389. The molecule has 0 bridgehead atoms. The number of nitro benzene ring substituents is 1. The second-order valence-corrected chi connectivity index (χ2v) is 5.06. The van der Waals surface area contributed by atoms with Gasteiger partial charge >= 0.3 is 5.97 Å². The van der Waals surface area contributed by atoms with Gasteiger partial charge in [0.05, 0.1) is 11.0 Å². The predicted octanol–water partition coefficient (Wildman–Crippen LogP) is 0.230. The molecule has 130 valence electrons. The first-order valence-electron chi connectivity index (χ1n) is 7.03. The number of aliphatic carboxylic acids is 1. The predicted molar refractivity (Wildman–Crippen MR) is 84.2 cm³/mol. The van der Waals surface area contributed by atoms with Crippen LogP contribution in [0.5, 0.6) is 0 Å². The SMILES string of the molecule is C[C@H](NC(=O)[C@@H](N)CCC(=O)O)C(=O)Nc1ccc([N+](=O)[O-])cc1. The minimum atomic E-state index is -1.07. The Morgan fingerprint density at radius 2 is 1.83 bits per heavy atom. The number of nitrogens with one attached hydrogen (secondary N) is 2. The first-order valence-corrected chi connectivity index (χ1v) is 7.03. The summed E-state index contributed by atoms with van der Waals surface area (Å²) >= 11 is 0. The molecule has 0 saturated carbocycles. The summed E-state index contributed by atoms with van der Waals surface area (Å²) < 4.78 is 0. The molecule has 0 aromatic heterocycles. The van der Waals surface area contributed by atoms with Crippen LogP contribution in [0, 0.1) is 10.1 Å².